The van der Waals surface area contributed by atoms with Crippen molar-refractivity contribution in [2.75, 3.05) is 19.6 Å². The van der Waals surface area contributed by atoms with Crippen molar-refractivity contribution < 1.29 is 9.47 Å². The van der Waals surface area contributed by atoms with E-state index >= 15 is 0 Å². The first kappa shape index (κ1) is 11.6. The molecule has 2 aromatic heterocycles. The van der Waals surface area contributed by atoms with Crippen molar-refractivity contribution in [2.24, 2.45) is 10.3 Å². The maximum absolute atomic E-state index is 4.82. The van der Waals surface area contributed by atoms with Crippen LogP contribution in [0.3, 0.4) is 0 Å². The maximum atomic E-state index is 4.82. The number of aromatic nitrogens is 4. The van der Waals surface area contributed by atoms with Crippen LogP contribution in [0.1, 0.15) is 0 Å². The summed E-state index contributed by atoms with van der Waals surface area (Å²) in [5.41, 5.74) is 2.60. The van der Waals surface area contributed by atoms with Crippen molar-refractivity contribution in [1.82, 2.24) is 18.7 Å². The van der Waals surface area contributed by atoms with Crippen LogP contribution in [0.5, 0.6) is 12.0 Å². The van der Waals surface area contributed by atoms with Gasteiger partial charge in [0, 0.05) is 23.1 Å². The minimum Gasteiger partial charge on any atom is -0.466 e. The first-order chi connectivity index (χ1) is 8.31. The molecular formula is C6H7N7O2S2. The smallest absolute Gasteiger partial charge is 0.330 e. The van der Waals surface area contributed by atoms with Crippen molar-refractivity contribution in [3.63, 3.8) is 0 Å². The largest absolute Gasteiger partial charge is 0.466 e. The summed E-state index contributed by atoms with van der Waals surface area (Å²) in [5, 5.41) is 8.32. The highest BCUT2D eigenvalue weighted by atomic mass is 32.1. The van der Waals surface area contributed by atoms with E-state index in [1.807, 2.05) is 0 Å². The molecule has 0 unspecified atom stereocenters. The molecule has 2 heterocycles. The number of rotatable bonds is 5. The summed E-state index contributed by atoms with van der Waals surface area (Å²) in [4.78, 5) is 7.85. The SMILES string of the molecule is COc1nsc(N=NNc2nc(OC)ns2)n1. The molecule has 11 heteroatoms. The molecule has 0 radical (unpaired) electrons. The Morgan fingerprint density at radius 3 is 2.41 bits per heavy atom. The second kappa shape index (κ2) is 5.45. The Morgan fingerprint density at radius 1 is 1.06 bits per heavy atom. The number of nitrogens with zero attached hydrogens (tertiary/aromatic N) is 6. The van der Waals surface area contributed by atoms with E-state index < -0.39 is 0 Å². The molecule has 0 aliphatic carbocycles. The van der Waals surface area contributed by atoms with Crippen LogP contribution in [-0.4, -0.2) is 32.9 Å². The fourth-order valence-corrected chi connectivity index (χ4v) is 1.73. The number of hydrogen-bond acceptors (Lipinski definition) is 10. The number of hydrogen-bond donors (Lipinski definition) is 1. The monoisotopic (exact) mass is 273 g/mol. The maximum Gasteiger partial charge on any atom is 0.330 e. The fourth-order valence-electron chi connectivity index (χ4n) is 0.775. The Labute approximate surface area is 104 Å². The standard InChI is InChI=1S/C6H7N7O2S2/c1-14-3-7-5(16-11-3)9-13-10-6-8-4(15-2)12-17-6/h1-2H3,(H,7,8,9,10,11,12). The molecule has 0 aromatic carbocycles. The van der Waals surface area contributed by atoms with Gasteiger partial charge in [0.25, 0.3) is 5.13 Å². The van der Waals surface area contributed by atoms with E-state index in [9.17, 15) is 0 Å². The molecule has 9 nitrogen and oxygen atoms in total. The number of ether oxygens (including phenoxy) is 2. The molecule has 0 spiro atoms. The van der Waals surface area contributed by atoms with Crippen LogP contribution in [0.2, 0.25) is 0 Å². The first-order valence-electron chi connectivity index (χ1n) is 4.24. The van der Waals surface area contributed by atoms with Gasteiger partial charge in [-0.15, -0.1) is 8.75 Å². The molecule has 90 valence electrons. The summed E-state index contributed by atoms with van der Waals surface area (Å²) in [6, 6.07) is 0.548. The van der Waals surface area contributed by atoms with Crippen LogP contribution in [0.4, 0.5) is 10.3 Å². The Bertz CT molecular complexity index is 510. The summed E-state index contributed by atoms with van der Waals surface area (Å²) in [7, 11) is 2.97. The van der Waals surface area contributed by atoms with Crippen molar-refractivity contribution in [3.8, 4) is 12.0 Å². The number of methoxy groups -OCH3 is 2. The minimum atomic E-state index is 0.265. The second-order valence-corrected chi connectivity index (χ2v) is 3.94. The Balaban J connectivity index is 1.92. The van der Waals surface area contributed by atoms with E-state index in [0.717, 1.165) is 23.1 Å². The van der Waals surface area contributed by atoms with Crippen LogP contribution in [0.15, 0.2) is 10.3 Å². The lowest BCUT2D eigenvalue weighted by Crippen LogP contribution is -1.87. The van der Waals surface area contributed by atoms with Gasteiger partial charge in [0.2, 0.25) is 5.13 Å². The van der Waals surface area contributed by atoms with E-state index in [4.69, 9.17) is 9.47 Å². The van der Waals surface area contributed by atoms with Gasteiger partial charge < -0.3 is 9.47 Å². The third-order valence-electron chi connectivity index (χ3n) is 1.45. The predicted molar refractivity (Wildman–Crippen MR) is 61.1 cm³/mol. The lowest BCUT2D eigenvalue weighted by molar-refractivity contribution is 0.386. The third kappa shape index (κ3) is 3.04. The summed E-state index contributed by atoms with van der Waals surface area (Å²) >= 11 is 2.19. The van der Waals surface area contributed by atoms with Gasteiger partial charge in [-0.25, -0.2) is 5.43 Å². The summed E-state index contributed by atoms with van der Waals surface area (Å²) < 4.78 is 17.4. The molecule has 0 amide bonds. The van der Waals surface area contributed by atoms with Gasteiger partial charge in [-0.2, -0.15) is 9.97 Å². The van der Waals surface area contributed by atoms with Crippen molar-refractivity contribution in [1.29, 1.82) is 0 Å². The molecular weight excluding hydrogens is 266 g/mol. The lowest BCUT2D eigenvalue weighted by Gasteiger charge is -1.88. The first-order valence-corrected chi connectivity index (χ1v) is 5.78. The zero-order valence-electron chi connectivity index (χ0n) is 8.82. The molecule has 0 aliphatic rings. The number of nitrogens with one attached hydrogen (secondary N) is 1. The van der Waals surface area contributed by atoms with Crippen LogP contribution in [0.25, 0.3) is 0 Å². The number of anilines is 1. The zero-order chi connectivity index (χ0) is 12.1. The summed E-state index contributed by atoms with van der Waals surface area (Å²) in [6.45, 7) is 0. The normalized spacial score (nSPS) is 10.7. The highest BCUT2D eigenvalue weighted by Crippen LogP contribution is 2.20. The average Bonchev–Trinajstić information content (AvgIpc) is 2.97. The molecule has 0 saturated carbocycles. The highest BCUT2D eigenvalue weighted by molar-refractivity contribution is 7.09. The zero-order valence-corrected chi connectivity index (χ0v) is 10.4. The lowest BCUT2D eigenvalue weighted by atomic mass is 11.1. The average molecular weight is 273 g/mol. The predicted octanol–water partition coefficient (Wildman–Crippen LogP) is 1.52. The molecule has 0 aliphatic heterocycles. The molecule has 0 saturated heterocycles. The topological polar surface area (TPSA) is 107 Å². The van der Waals surface area contributed by atoms with E-state index in [0.29, 0.717) is 10.3 Å². The third-order valence-corrected chi connectivity index (χ3v) is 2.64. The fraction of sp³-hybridized carbons (Fsp3) is 0.333. The van der Waals surface area contributed by atoms with E-state index in [1.54, 1.807) is 0 Å². The highest BCUT2D eigenvalue weighted by Gasteiger charge is 2.03. The minimum absolute atomic E-state index is 0.265. The van der Waals surface area contributed by atoms with Gasteiger partial charge in [-0.1, -0.05) is 10.3 Å². The van der Waals surface area contributed by atoms with Crippen molar-refractivity contribution in [2.45, 2.75) is 0 Å². The van der Waals surface area contributed by atoms with E-state index in [2.05, 4.69) is 34.5 Å². The molecule has 2 aromatic rings. The summed E-state index contributed by atoms with van der Waals surface area (Å²) in [6.07, 6.45) is 0. The molecule has 1 N–H and O–H groups in total. The molecule has 0 fully saturated rings. The van der Waals surface area contributed by atoms with Crippen LogP contribution in [-0.2, 0) is 0 Å². The summed E-state index contributed by atoms with van der Waals surface area (Å²) in [5.74, 6) is 0. The van der Waals surface area contributed by atoms with E-state index in [1.165, 1.54) is 14.2 Å². The van der Waals surface area contributed by atoms with Gasteiger partial charge in [0.05, 0.1) is 14.2 Å². The van der Waals surface area contributed by atoms with Crippen LogP contribution < -0.4 is 14.9 Å². The molecule has 2 rings (SSSR count). The van der Waals surface area contributed by atoms with Gasteiger partial charge in [-0.05, 0) is 0 Å². The van der Waals surface area contributed by atoms with Crippen molar-refractivity contribution in [3.05, 3.63) is 0 Å². The van der Waals surface area contributed by atoms with Crippen molar-refractivity contribution >= 4 is 33.3 Å². The quantitative estimate of drug-likeness (QED) is 0.650. The van der Waals surface area contributed by atoms with Gasteiger partial charge in [0.15, 0.2) is 0 Å². The Hall–Kier alpha value is -1.88. The Morgan fingerprint density at radius 2 is 1.76 bits per heavy atom. The van der Waals surface area contributed by atoms with Gasteiger partial charge in [-0.3, -0.25) is 0 Å². The molecule has 17 heavy (non-hydrogen) atoms. The van der Waals surface area contributed by atoms with Crippen LogP contribution in [0, 0.1) is 0 Å². The van der Waals surface area contributed by atoms with Gasteiger partial charge in [0.1, 0.15) is 0 Å². The second-order valence-electron chi connectivity index (χ2n) is 2.46. The van der Waals surface area contributed by atoms with E-state index in [-0.39, 0.29) is 12.0 Å². The molecule has 0 bridgehead atoms. The van der Waals surface area contributed by atoms with Gasteiger partial charge >= 0.3 is 12.0 Å². The Kier molecular flexibility index (Phi) is 3.72. The molecule has 0 atom stereocenters. The van der Waals surface area contributed by atoms with Crippen LogP contribution >= 0.6 is 23.1 Å².